The van der Waals surface area contributed by atoms with Crippen LogP contribution in [0.15, 0.2) is 18.2 Å². The third kappa shape index (κ3) is 2.65. The molecule has 0 unspecified atom stereocenters. The van der Waals surface area contributed by atoms with Gasteiger partial charge in [0.25, 0.3) is 0 Å². The molecule has 0 radical (unpaired) electrons. The van der Waals surface area contributed by atoms with Gasteiger partial charge in [0.1, 0.15) is 5.82 Å². The number of carboxylic acids is 1. The Morgan fingerprint density at radius 2 is 2.05 bits per heavy atom. The lowest BCUT2D eigenvalue weighted by Gasteiger charge is -2.02. The number of rotatable bonds is 5. The number of hydrogen-bond acceptors (Lipinski definition) is 3. The van der Waals surface area contributed by atoms with Crippen molar-refractivity contribution >= 4 is 22.8 Å². The lowest BCUT2D eigenvalue weighted by atomic mass is 10.1. The molecular formula is C14H16N2O3. The quantitative estimate of drug-likeness (QED) is 0.838. The monoisotopic (exact) mass is 260 g/mol. The van der Waals surface area contributed by atoms with E-state index in [-0.39, 0.29) is 18.6 Å². The standard InChI is InChI=1S/C14H16N2O3/c1-3-16-9(2)15-11-8-10(4-5-12(11)16)13(17)6-7-14(18)19/h4-5,8H,3,6-7H2,1-2H3,(H,18,19). The van der Waals surface area contributed by atoms with Crippen molar-refractivity contribution in [2.24, 2.45) is 0 Å². The van der Waals surface area contributed by atoms with E-state index in [0.717, 1.165) is 23.4 Å². The minimum absolute atomic E-state index is 0.0221. The number of carbonyl (C=O) groups excluding carboxylic acids is 1. The number of aryl methyl sites for hydroxylation is 2. The molecule has 2 aromatic rings. The second-order valence-electron chi connectivity index (χ2n) is 4.42. The molecule has 100 valence electrons. The van der Waals surface area contributed by atoms with Crippen LogP contribution in [0.2, 0.25) is 0 Å². The van der Waals surface area contributed by atoms with Crippen molar-refractivity contribution in [2.45, 2.75) is 33.2 Å². The zero-order chi connectivity index (χ0) is 14.0. The fourth-order valence-electron chi connectivity index (χ4n) is 2.19. The molecule has 0 aliphatic carbocycles. The van der Waals surface area contributed by atoms with Crippen LogP contribution in [-0.2, 0) is 11.3 Å². The Morgan fingerprint density at radius 3 is 2.68 bits per heavy atom. The molecule has 5 heteroatoms. The number of carbonyl (C=O) groups is 2. The second kappa shape index (κ2) is 5.22. The van der Waals surface area contributed by atoms with Crippen LogP contribution in [-0.4, -0.2) is 26.4 Å². The second-order valence-corrected chi connectivity index (χ2v) is 4.42. The summed E-state index contributed by atoms with van der Waals surface area (Å²) >= 11 is 0. The van der Waals surface area contributed by atoms with Gasteiger partial charge in [0.2, 0.25) is 0 Å². The van der Waals surface area contributed by atoms with E-state index in [0.29, 0.717) is 5.56 Å². The van der Waals surface area contributed by atoms with Gasteiger partial charge in [-0.2, -0.15) is 0 Å². The number of benzene rings is 1. The summed E-state index contributed by atoms with van der Waals surface area (Å²) in [7, 11) is 0. The summed E-state index contributed by atoms with van der Waals surface area (Å²) in [6, 6.07) is 5.34. The topological polar surface area (TPSA) is 72.2 Å². The minimum Gasteiger partial charge on any atom is -0.481 e. The average molecular weight is 260 g/mol. The predicted octanol–water partition coefficient (Wildman–Crippen LogP) is 2.41. The van der Waals surface area contributed by atoms with E-state index in [2.05, 4.69) is 9.55 Å². The zero-order valence-corrected chi connectivity index (χ0v) is 11.0. The summed E-state index contributed by atoms with van der Waals surface area (Å²) in [4.78, 5) is 26.7. The molecule has 0 saturated carbocycles. The molecule has 1 aromatic heterocycles. The molecule has 0 spiro atoms. The smallest absolute Gasteiger partial charge is 0.303 e. The first-order valence-corrected chi connectivity index (χ1v) is 6.24. The molecule has 0 atom stereocenters. The Kier molecular flexibility index (Phi) is 3.64. The van der Waals surface area contributed by atoms with Gasteiger partial charge in [-0.05, 0) is 32.0 Å². The van der Waals surface area contributed by atoms with E-state index in [1.807, 2.05) is 19.9 Å². The summed E-state index contributed by atoms with van der Waals surface area (Å²) in [5.74, 6) is -0.207. The average Bonchev–Trinajstić information content (AvgIpc) is 2.69. The summed E-state index contributed by atoms with van der Waals surface area (Å²) in [6.07, 6.45) is -0.117. The number of nitrogens with zero attached hydrogens (tertiary/aromatic N) is 2. The van der Waals surface area contributed by atoms with Gasteiger partial charge >= 0.3 is 5.97 Å². The Bertz CT molecular complexity index is 643. The number of fused-ring (bicyclic) bond motifs is 1. The number of hydrogen-bond donors (Lipinski definition) is 1. The van der Waals surface area contributed by atoms with Crippen LogP contribution >= 0.6 is 0 Å². The van der Waals surface area contributed by atoms with Gasteiger partial charge in [-0.25, -0.2) is 4.98 Å². The van der Waals surface area contributed by atoms with E-state index < -0.39 is 5.97 Å². The SMILES string of the molecule is CCn1c(C)nc2cc(C(=O)CCC(=O)O)ccc21. The lowest BCUT2D eigenvalue weighted by molar-refractivity contribution is -0.136. The third-order valence-corrected chi connectivity index (χ3v) is 3.14. The van der Waals surface area contributed by atoms with Gasteiger partial charge in [0, 0.05) is 18.5 Å². The van der Waals surface area contributed by atoms with E-state index in [9.17, 15) is 9.59 Å². The molecule has 0 aliphatic heterocycles. The number of aliphatic carboxylic acids is 1. The van der Waals surface area contributed by atoms with Crippen molar-refractivity contribution in [3.8, 4) is 0 Å². The number of imidazole rings is 1. The van der Waals surface area contributed by atoms with Gasteiger partial charge in [-0.3, -0.25) is 9.59 Å². The van der Waals surface area contributed by atoms with Crippen LogP contribution in [0.1, 0.15) is 35.9 Å². The fourth-order valence-corrected chi connectivity index (χ4v) is 2.19. The Hall–Kier alpha value is -2.17. The van der Waals surface area contributed by atoms with E-state index in [4.69, 9.17) is 5.11 Å². The Morgan fingerprint density at radius 1 is 1.32 bits per heavy atom. The van der Waals surface area contributed by atoms with Crippen LogP contribution in [0, 0.1) is 6.92 Å². The van der Waals surface area contributed by atoms with Gasteiger partial charge in [0.05, 0.1) is 17.5 Å². The highest BCUT2D eigenvalue weighted by molar-refractivity contribution is 6.00. The van der Waals surface area contributed by atoms with Gasteiger partial charge in [0.15, 0.2) is 5.78 Å². The molecule has 0 amide bonds. The van der Waals surface area contributed by atoms with Crippen molar-refractivity contribution < 1.29 is 14.7 Å². The molecule has 0 saturated heterocycles. The molecule has 1 N–H and O–H groups in total. The fraction of sp³-hybridized carbons (Fsp3) is 0.357. The normalized spacial score (nSPS) is 10.8. The van der Waals surface area contributed by atoms with Gasteiger partial charge in [-0.15, -0.1) is 0 Å². The van der Waals surface area contributed by atoms with E-state index >= 15 is 0 Å². The van der Waals surface area contributed by atoms with E-state index in [1.165, 1.54) is 0 Å². The summed E-state index contributed by atoms with van der Waals surface area (Å²) in [5.41, 5.74) is 2.30. The number of ketones is 1. The zero-order valence-electron chi connectivity index (χ0n) is 11.0. The maximum Gasteiger partial charge on any atom is 0.303 e. The van der Waals surface area contributed by atoms with Crippen LogP contribution in [0.3, 0.4) is 0 Å². The first-order valence-electron chi connectivity index (χ1n) is 6.24. The molecule has 1 heterocycles. The Labute approximate surface area is 110 Å². The largest absolute Gasteiger partial charge is 0.481 e. The third-order valence-electron chi connectivity index (χ3n) is 3.14. The van der Waals surface area contributed by atoms with Crippen LogP contribution in [0.5, 0.6) is 0 Å². The molecule has 0 bridgehead atoms. The molecular weight excluding hydrogens is 244 g/mol. The highest BCUT2D eigenvalue weighted by Crippen LogP contribution is 2.18. The van der Waals surface area contributed by atoms with E-state index in [1.54, 1.807) is 12.1 Å². The highest BCUT2D eigenvalue weighted by atomic mass is 16.4. The minimum atomic E-state index is -0.958. The maximum atomic E-state index is 11.9. The predicted molar refractivity (Wildman–Crippen MR) is 71.3 cm³/mol. The van der Waals surface area contributed by atoms with Crippen LogP contribution < -0.4 is 0 Å². The summed E-state index contributed by atoms with van der Waals surface area (Å²) < 4.78 is 2.07. The van der Waals surface area contributed by atoms with Gasteiger partial charge < -0.3 is 9.67 Å². The van der Waals surface area contributed by atoms with Crippen molar-refractivity contribution in [2.75, 3.05) is 0 Å². The molecule has 19 heavy (non-hydrogen) atoms. The maximum absolute atomic E-state index is 11.9. The summed E-state index contributed by atoms with van der Waals surface area (Å²) in [5, 5.41) is 8.58. The van der Waals surface area contributed by atoms with Crippen molar-refractivity contribution in [3.05, 3.63) is 29.6 Å². The van der Waals surface area contributed by atoms with Gasteiger partial charge in [-0.1, -0.05) is 0 Å². The lowest BCUT2D eigenvalue weighted by Crippen LogP contribution is -2.03. The number of aromatic nitrogens is 2. The molecule has 2 rings (SSSR count). The number of carboxylic acid groups (broad SMARTS) is 1. The Balaban J connectivity index is 2.31. The summed E-state index contributed by atoms with van der Waals surface area (Å²) in [6.45, 7) is 4.80. The van der Waals surface area contributed by atoms with Crippen LogP contribution in [0.25, 0.3) is 11.0 Å². The molecule has 1 aromatic carbocycles. The molecule has 0 fully saturated rings. The molecule has 5 nitrogen and oxygen atoms in total. The first kappa shape index (κ1) is 13.3. The first-order chi connectivity index (χ1) is 9.02. The van der Waals surface area contributed by atoms with Crippen LogP contribution in [0.4, 0.5) is 0 Å². The highest BCUT2D eigenvalue weighted by Gasteiger charge is 2.12. The van der Waals surface area contributed by atoms with Crippen molar-refractivity contribution in [1.29, 1.82) is 0 Å². The molecule has 0 aliphatic rings. The van der Waals surface area contributed by atoms with Crippen molar-refractivity contribution in [3.63, 3.8) is 0 Å². The number of Topliss-reactive ketones (excluding diaryl/α,β-unsaturated/α-hetero) is 1. The van der Waals surface area contributed by atoms with Crippen molar-refractivity contribution in [1.82, 2.24) is 9.55 Å².